The number of likely N-dealkylation sites (tertiary alicyclic amines) is 1. The van der Waals surface area contributed by atoms with Crippen LogP contribution in [0.25, 0.3) is 0 Å². The molecule has 0 bridgehead atoms. The van der Waals surface area contributed by atoms with E-state index in [1.807, 2.05) is 13.0 Å². The van der Waals surface area contributed by atoms with Gasteiger partial charge in [-0.1, -0.05) is 37.3 Å². The van der Waals surface area contributed by atoms with Gasteiger partial charge in [0.15, 0.2) is 0 Å². The van der Waals surface area contributed by atoms with Crippen molar-refractivity contribution in [1.82, 2.24) is 9.97 Å². The van der Waals surface area contributed by atoms with Gasteiger partial charge in [-0.3, -0.25) is 14.8 Å². The van der Waals surface area contributed by atoms with Crippen LogP contribution in [0.1, 0.15) is 37.3 Å². The molecule has 0 aliphatic carbocycles. The summed E-state index contributed by atoms with van der Waals surface area (Å²) in [7, 11) is 0. The topological polar surface area (TPSA) is 106 Å². The third kappa shape index (κ3) is 4.29. The first-order chi connectivity index (χ1) is 12.6. The molecule has 138 valence electrons. The maximum absolute atomic E-state index is 12.0. The van der Waals surface area contributed by atoms with Gasteiger partial charge in [0.05, 0.1) is 24.7 Å². The fraction of sp³-hybridized carbons (Fsp3) is 0.421. The van der Waals surface area contributed by atoms with Crippen molar-refractivity contribution in [2.75, 3.05) is 13.1 Å². The van der Waals surface area contributed by atoms with Crippen LogP contribution in [0.2, 0.25) is 0 Å². The second-order valence-electron chi connectivity index (χ2n) is 6.69. The minimum Gasteiger partial charge on any atom is -0.860 e. The van der Waals surface area contributed by atoms with E-state index in [1.54, 1.807) is 0 Å². The molecule has 2 heterocycles. The van der Waals surface area contributed by atoms with E-state index in [0.717, 1.165) is 32.5 Å². The molecule has 0 atom stereocenters. The lowest BCUT2D eigenvalue weighted by atomic mass is 10.0. The zero-order chi connectivity index (χ0) is 18.5. The summed E-state index contributed by atoms with van der Waals surface area (Å²) in [6.07, 6.45) is 2.31. The molecule has 0 amide bonds. The average Bonchev–Trinajstić information content (AvgIpc) is 2.62. The van der Waals surface area contributed by atoms with Crippen LogP contribution in [0.5, 0.6) is 5.88 Å². The molecule has 1 fully saturated rings. The van der Waals surface area contributed by atoms with Gasteiger partial charge in [0, 0.05) is 24.1 Å². The zero-order valence-corrected chi connectivity index (χ0v) is 14.9. The van der Waals surface area contributed by atoms with Crippen molar-refractivity contribution in [3.8, 4) is 5.88 Å². The van der Waals surface area contributed by atoms with Gasteiger partial charge in [-0.15, -0.1) is 0 Å². The Hall–Kier alpha value is -2.67. The van der Waals surface area contributed by atoms with Crippen molar-refractivity contribution in [2.24, 2.45) is 4.99 Å². The molecule has 1 aromatic heterocycles. The van der Waals surface area contributed by atoms with Crippen molar-refractivity contribution in [3.63, 3.8) is 0 Å². The molecule has 0 saturated carbocycles. The summed E-state index contributed by atoms with van der Waals surface area (Å²) >= 11 is 0. The van der Waals surface area contributed by atoms with E-state index < -0.39 is 17.1 Å². The number of aromatic amines is 2. The maximum atomic E-state index is 12.0. The number of benzene rings is 1. The lowest BCUT2D eigenvalue weighted by Crippen LogP contribution is -3.12. The van der Waals surface area contributed by atoms with Crippen molar-refractivity contribution in [2.45, 2.75) is 38.8 Å². The van der Waals surface area contributed by atoms with Gasteiger partial charge in [0.25, 0.3) is 5.56 Å². The molecule has 1 saturated heterocycles. The Morgan fingerprint density at radius 2 is 1.88 bits per heavy atom. The fourth-order valence-electron chi connectivity index (χ4n) is 3.48. The summed E-state index contributed by atoms with van der Waals surface area (Å²) in [6.45, 7) is 4.87. The Morgan fingerprint density at radius 3 is 2.50 bits per heavy atom. The van der Waals surface area contributed by atoms with E-state index in [2.05, 4.69) is 39.2 Å². The summed E-state index contributed by atoms with van der Waals surface area (Å²) in [5, 5.41) is 12.0. The van der Waals surface area contributed by atoms with E-state index in [-0.39, 0.29) is 11.6 Å². The summed E-state index contributed by atoms with van der Waals surface area (Å²) in [5.74, 6) is -0.661. The lowest BCUT2D eigenvalue weighted by Gasteiger charge is -2.28. The average molecular weight is 356 g/mol. The quantitative estimate of drug-likeness (QED) is 0.634. The van der Waals surface area contributed by atoms with Crippen LogP contribution in [0, 0.1) is 0 Å². The van der Waals surface area contributed by atoms with Crippen molar-refractivity contribution in [3.05, 3.63) is 62.3 Å². The number of aromatic nitrogens is 2. The smallest absolute Gasteiger partial charge is 0.325 e. The van der Waals surface area contributed by atoms with E-state index in [0.29, 0.717) is 12.1 Å². The van der Waals surface area contributed by atoms with Gasteiger partial charge < -0.3 is 15.0 Å². The number of rotatable bonds is 5. The number of H-pyrrole nitrogens is 2. The van der Waals surface area contributed by atoms with Gasteiger partial charge in [-0.2, -0.15) is 0 Å². The van der Waals surface area contributed by atoms with Gasteiger partial charge in [0.2, 0.25) is 0 Å². The lowest BCUT2D eigenvalue weighted by molar-refractivity contribution is -0.918. The standard InChI is InChI=1S/C19H24N4O3/c1-2-15(16-17(24)21-19(26)22-18(16)25)20-14-8-10-23(11-9-14)12-13-6-4-3-5-7-13/h3-7,14H,2,8-12H2,1H3,(H3,21,22,24,25,26). The molecular weight excluding hydrogens is 332 g/mol. The molecule has 0 unspecified atom stereocenters. The molecule has 1 aromatic carbocycles. The molecule has 7 heteroatoms. The molecule has 0 spiro atoms. The predicted molar refractivity (Wildman–Crippen MR) is 97.8 cm³/mol. The number of nitrogens with zero attached hydrogens (tertiary/aromatic N) is 1. The van der Waals surface area contributed by atoms with Gasteiger partial charge in [-0.25, -0.2) is 4.79 Å². The van der Waals surface area contributed by atoms with Crippen molar-refractivity contribution in [1.29, 1.82) is 0 Å². The summed E-state index contributed by atoms with van der Waals surface area (Å²) < 4.78 is 0. The van der Waals surface area contributed by atoms with Crippen LogP contribution in [-0.4, -0.2) is 34.8 Å². The molecule has 3 N–H and O–H groups in total. The van der Waals surface area contributed by atoms with Gasteiger partial charge >= 0.3 is 5.69 Å². The second kappa shape index (κ2) is 8.14. The Labute approximate surface area is 151 Å². The van der Waals surface area contributed by atoms with E-state index in [4.69, 9.17) is 0 Å². The van der Waals surface area contributed by atoms with Crippen molar-refractivity contribution >= 4 is 5.71 Å². The monoisotopic (exact) mass is 356 g/mol. The Bertz CT molecular complexity index is 878. The molecule has 3 rings (SSSR count). The van der Waals surface area contributed by atoms with Crippen LogP contribution in [0.4, 0.5) is 0 Å². The number of hydrogen-bond donors (Lipinski definition) is 3. The van der Waals surface area contributed by atoms with Crippen LogP contribution < -0.4 is 21.3 Å². The third-order valence-corrected chi connectivity index (χ3v) is 4.83. The predicted octanol–water partition coefficient (Wildman–Crippen LogP) is -0.417. The van der Waals surface area contributed by atoms with Gasteiger partial charge in [0.1, 0.15) is 6.54 Å². The van der Waals surface area contributed by atoms with E-state index >= 15 is 0 Å². The fourth-order valence-corrected chi connectivity index (χ4v) is 3.48. The van der Waals surface area contributed by atoms with Gasteiger partial charge in [-0.05, 0) is 12.3 Å². The highest BCUT2D eigenvalue weighted by molar-refractivity contribution is 6.01. The first-order valence-corrected chi connectivity index (χ1v) is 9.05. The Kier molecular flexibility index (Phi) is 5.68. The van der Waals surface area contributed by atoms with Crippen LogP contribution in [0.15, 0.2) is 44.9 Å². The SMILES string of the molecule is CCC(=NC1CC[NH+](Cc2ccccc2)CC1)c1c([O-])[nH]c(=O)[nH]c1=O. The van der Waals surface area contributed by atoms with E-state index in [9.17, 15) is 14.7 Å². The molecule has 2 aromatic rings. The molecule has 26 heavy (non-hydrogen) atoms. The first-order valence-electron chi connectivity index (χ1n) is 9.05. The highest BCUT2D eigenvalue weighted by Gasteiger charge is 2.22. The molecule has 7 nitrogen and oxygen atoms in total. The normalized spacial score (nSPS) is 20.9. The number of hydrogen-bond acceptors (Lipinski definition) is 4. The summed E-state index contributed by atoms with van der Waals surface area (Å²) in [4.78, 5) is 33.6. The molecule has 1 aliphatic heterocycles. The Morgan fingerprint density at radius 1 is 1.19 bits per heavy atom. The van der Waals surface area contributed by atoms with Crippen LogP contribution >= 0.6 is 0 Å². The first kappa shape index (κ1) is 18.1. The molecule has 0 radical (unpaired) electrons. The minimum absolute atomic E-state index is 0.0360. The van der Waals surface area contributed by atoms with E-state index in [1.165, 1.54) is 10.5 Å². The highest BCUT2D eigenvalue weighted by Crippen LogP contribution is 2.12. The van der Waals surface area contributed by atoms with Crippen molar-refractivity contribution < 1.29 is 10.0 Å². The summed E-state index contributed by atoms with van der Waals surface area (Å²) in [6, 6.07) is 10.5. The number of piperidine rings is 1. The molecular formula is C19H24N4O3. The highest BCUT2D eigenvalue weighted by atomic mass is 16.3. The number of quaternary nitrogens is 1. The zero-order valence-electron chi connectivity index (χ0n) is 14.9. The maximum Gasteiger partial charge on any atom is 0.325 e. The number of nitrogens with one attached hydrogen (secondary N) is 3. The third-order valence-electron chi connectivity index (χ3n) is 4.83. The largest absolute Gasteiger partial charge is 0.860 e. The minimum atomic E-state index is -0.781. The summed E-state index contributed by atoms with van der Waals surface area (Å²) in [5.41, 5.74) is 0.327. The Balaban J connectivity index is 1.69. The second-order valence-corrected chi connectivity index (χ2v) is 6.69. The van der Waals surface area contributed by atoms with Crippen LogP contribution in [0.3, 0.4) is 0 Å². The van der Waals surface area contributed by atoms with Crippen LogP contribution in [-0.2, 0) is 6.54 Å². The number of aliphatic imine (C=N–C) groups is 1. The molecule has 1 aliphatic rings.